The van der Waals surface area contributed by atoms with Gasteiger partial charge in [-0.3, -0.25) is 9.89 Å². The maximum absolute atomic E-state index is 11.1. The summed E-state index contributed by atoms with van der Waals surface area (Å²) in [6, 6.07) is 5.13. The van der Waals surface area contributed by atoms with Crippen LogP contribution in [0.3, 0.4) is 0 Å². The molecule has 1 N–H and O–H groups in total. The van der Waals surface area contributed by atoms with E-state index in [4.69, 9.17) is 0 Å². The molecule has 1 heterocycles. The van der Waals surface area contributed by atoms with Gasteiger partial charge in [0.25, 0.3) is 0 Å². The molecule has 0 aromatic carbocycles. The van der Waals surface area contributed by atoms with Crippen molar-refractivity contribution in [3.05, 3.63) is 40.8 Å². The summed E-state index contributed by atoms with van der Waals surface area (Å²) in [7, 11) is 0. The highest BCUT2D eigenvalue weighted by Gasteiger charge is 2.01. The molecule has 3 heteroatoms. The first kappa shape index (κ1) is 6.09. The van der Waals surface area contributed by atoms with Crippen molar-refractivity contribution in [3.63, 3.8) is 0 Å². The van der Waals surface area contributed by atoms with E-state index < -0.39 is 0 Å². The normalized spacial score (nSPS) is 10.2. The van der Waals surface area contributed by atoms with Crippen LogP contribution in [-0.2, 0) is 0 Å². The van der Waals surface area contributed by atoms with Crippen molar-refractivity contribution in [2.24, 2.45) is 0 Å². The van der Waals surface area contributed by atoms with Crippen molar-refractivity contribution >= 4 is 0 Å². The van der Waals surface area contributed by atoms with Crippen molar-refractivity contribution in [1.82, 2.24) is 10.2 Å². The Hall–Kier alpha value is -1.64. The fourth-order valence-corrected chi connectivity index (χ4v) is 1.04. The largest absolute Gasteiger partial charge is 0.289 e. The second kappa shape index (κ2) is 2.20. The number of hydrogen-bond acceptors (Lipinski definition) is 2. The predicted molar refractivity (Wildman–Crippen MR) is 41.5 cm³/mol. The number of nitrogens with zero attached hydrogens (tertiary/aromatic N) is 1. The van der Waals surface area contributed by atoms with E-state index in [2.05, 4.69) is 10.2 Å². The van der Waals surface area contributed by atoms with Crippen LogP contribution in [0, 0.1) is 0 Å². The topological polar surface area (TPSA) is 45.8 Å². The number of nitrogens with one attached hydrogen (secondary N) is 1. The third-order valence-electron chi connectivity index (χ3n) is 1.59. The molecular formula is C8H6N2O. The SMILES string of the molecule is O=c1cccc2cn[nH]cc1-2. The monoisotopic (exact) mass is 146 g/mol. The summed E-state index contributed by atoms with van der Waals surface area (Å²) in [4.78, 5) is 11.1. The average molecular weight is 146 g/mol. The zero-order valence-corrected chi connectivity index (χ0v) is 5.74. The van der Waals surface area contributed by atoms with Crippen LogP contribution in [0.1, 0.15) is 0 Å². The van der Waals surface area contributed by atoms with Gasteiger partial charge in [0.15, 0.2) is 5.43 Å². The van der Waals surface area contributed by atoms with Gasteiger partial charge < -0.3 is 0 Å². The average Bonchev–Trinajstić information content (AvgIpc) is 2.06. The standard InChI is InChI=1S/C8H6N2O/c11-8-3-1-2-6-4-9-10-5-7(6)8/h1-5,10H. The second-order valence-electron chi connectivity index (χ2n) is 2.29. The Labute approximate surface area is 63.0 Å². The minimum Gasteiger partial charge on any atom is -0.289 e. The number of rotatable bonds is 0. The van der Waals surface area contributed by atoms with Crippen LogP contribution >= 0.6 is 0 Å². The quantitative estimate of drug-likeness (QED) is 0.599. The molecule has 1 aliphatic carbocycles. The maximum Gasteiger partial charge on any atom is 0.188 e. The van der Waals surface area contributed by atoms with Crippen LogP contribution in [0.15, 0.2) is 35.4 Å². The van der Waals surface area contributed by atoms with Gasteiger partial charge in [-0.2, -0.15) is 5.10 Å². The van der Waals surface area contributed by atoms with Crippen LogP contribution in [0.25, 0.3) is 11.1 Å². The smallest absolute Gasteiger partial charge is 0.188 e. The van der Waals surface area contributed by atoms with Gasteiger partial charge in [-0.15, -0.1) is 0 Å². The Bertz CT molecular complexity index is 394. The van der Waals surface area contributed by atoms with E-state index in [1.165, 1.54) is 6.07 Å². The van der Waals surface area contributed by atoms with Crippen LogP contribution in [0.5, 0.6) is 0 Å². The number of benzene rings is 1. The molecule has 3 nitrogen and oxygen atoms in total. The lowest BCUT2D eigenvalue weighted by Crippen LogP contribution is -2.03. The highest BCUT2D eigenvalue weighted by atomic mass is 16.1. The Morgan fingerprint density at radius 2 is 2.27 bits per heavy atom. The summed E-state index contributed by atoms with van der Waals surface area (Å²) in [5.41, 5.74) is 1.58. The van der Waals surface area contributed by atoms with Gasteiger partial charge in [0.1, 0.15) is 0 Å². The van der Waals surface area contributed by atoms with Crippen molar-refractivity contribution in [1.29, 1.82) is 0 Å². The molecule has 0 fully saturated rings. The lowest BCUT2D eigenvalue weighted by molar-refractivity contribution is 1.03. The van der Waals surface area contributed by atoms with Gasteiger partial charge in [0, 0.05) is 17.3 Å². The molecular weight excluding hydrogens is 140 g/mol. The molecule has 0 unspecified atom stereocenters. The van der Waals surface area contributed by atoms with Gasteiger partial charge >= 0.3 is 0 Å². The summed E-state index contributed by atoms with van der Waals surface area (Å²) in [5, 5.41) is 6.42. The van der Waals surface area contributed by atoms with Gasteiger partial charge in [-0.05, 0) is 6.07 Å². The van der Waals surface area contributed by atoms with Crippen molar-refractivity contribution < 1.29 is 0 Å². The third-order valence-corrected chi connectivity index (χ3v) is 1.59. The van der Waals surface area contributed by atoms with E-state index >= 15 is 0 Å². The molecule has 0 saturated heterocycles. The second-order valence-corrected chi connectivity index (χ2v) is 2.29. The van der Waals surface area contributed by atoms with Crippen molar-refractivity contribution in [3.8, 4) is 11.1 Å². The first-order valence-corrected chi connectivity index (χ1v) is 3.30. The summed E-state index contributed by atoms with van der Waals surface area (Å²) < 4.78 is 0. The zero-order chi connectivity index (χ0) is 7.68. The van der Waals surface area contributed by atoms with Gasteiger partial charge in [0.2, 0.25) is 0 Å². The minimum atomic E-state index is 0.0288. The van der Waals surface area contributed by atoms with E-state index in [-0.39, 0.29) is 5.43 Å². The predicted octanol–water partition coefficient (Wildman–Crippen LogP) is 0.875. The van der Waals surface area contributed by atoms with E-state index in [1.807, 2.05) is 6.07 Å². The molecule has 0 atom stereocenters. The number of H-pyrrole nitrogens is 1. The number of hydrogen-bond donors (Lipinski definition) is 1. The minimum absolute atomic E-state index is 0.0288. The molecule has 54 valence electrons. The Morgan fingerprint density at radius 1 is 1.36 bits per heavy atom. The van der Waals surface area contributed by atoms with E-state index in [0.717, 1.165) is 5.56 Å². The van der Waals surface area contributed by atoms with E-state index in [9.17, 15) is 4.79 Å². The number of aromatic nitrogens is 2. The Kier molecular flexibility index (Phi) is 1.22. The molecule has 1 aliphatic heterocycles. The molecule has 11 heavy (non-hydrogen) atoms. The fraction of sp³-hybridized carbons (Fsp3) is 0. The molecule has 2 rings (SSSR count). The first-order valence-electron chi connectivity index (χ1n) is 3.30. The van der Waals surface area contributed by atoms with Crippen LogP contribution < -0.4 is 5.43 Å². The highest BCUT2D eigenvalue weighted by Crippen LogP contribution is 2.11. The lowest BCUT2D eigenvalue weighted by atomic mass is 10.1. The van der Waals surface area contributed by atoms with Gasteiger partial charge in [-0.25, -0.2) is 0 Å². The lowest BCUT2D eigenvalue weighted by Gasteiger charge is -1.98. The summed E-state index contributed by atoms with van der Waals surface area (Å²) in [6.07, 6.45) is 3.24. The van der Waals surface area contributed by atoms with Crippen LogP contribution in [-0.4, -0.2) is 10.2 Å². The summed E-state index contributed by atoms with van der Waals surface area (Å²) >= 11 is 0. The van der Waals surface area contributed by atoms with E-state index in [0.29, 0.717) is 5.56 Å². The van der Waals surface area contributed by atoms with E-state index in [1.54, 1.807) is 18.5 Å². The van der Waals surface area contributed by atoms with Gasteiger partial charge in [0.05, 0.1) is 6.20 Å². The first-order chi connectivity index (χ1) is 5.38. The van der Waals surface area contributed by atoms with Crippen molar-refractivity contribution in [2.45, 2.75) is 0 Å². The summed E-state index contributed by atoms with van der Waals surface area (Å²) in [6.45, 7) is 0. The molecule has 0 aromatic rings. The van der Waals surface area contributed by atoms with Gasteiger partial charge in [-0.1, -0.05) is 12.1 Å². The molecule has 0 aromatic heterocycles. The molecule has 0 spiro atoms. The molecule has 2 aliphatic rings. The highest BCUT2D eigenvalue weighted by molar-refractivity contribution is 5.61. The van der Waals surface area contributed by atoms with Crippen LogP contribution in [0.2, 0.25) is 0 Å². The Balaban J connectivity index is 2.90. The molecule has 0 radical (unpaired) electrons. The van der Waals surface area contributed by atoms with Crippen LogP contribution in [0.4, 0.5) is 0 Å². The molecule has 0 saturated carbocycles. The number of fused-ring (bicyclic) bond motifs is 1. The fourth-order valence-electron chi connectivity index (χ4n) is 1.04. The van der Waals surface area contributed by atoms with Crippen molar-refractivity contribution in [2.75, 3.05) is 0 Å². The number of aromatic amines is 1. The molecule has 0 bridgehead atoms. The maximum atomic E-state index is 11.1. The third kappa shape index (κ3) is 0.902. The summed E-state index contributed by atoms with van der Waals surface area (Å²) in [5.74, 6) is 0. The Morgan fingerprint density at radius 3 is 3.09 bits per heavy atom. The molecule has 0 amide bonds. The zero-order valence-electron chi connectivity index (χ0n) is 5.74.